The molecule has 4 atom stereocenters. The van der Waals surface area contributed by atoms with E-state index in [1.807, 2.05) is 6.07 Å². The Hall–Kier alpha value is -6.41. The molecule has 6 amide bonds. The van der Waals surface area contributed by atoms with E-state index >= 15 is 4.39 Å². The van der Waals surface area contributed by atoms with E-state index in [0.717, 1.165) is 21.4 Å². The Labute approximate surface area is 379 Å². The normalized spacial score (nSPS) is 18.3. The molecule has 1 unspecified atom stereocenters. The molecule has 0 bridgehead atoms. The second-order valence-electron chi connectivity index (χ2n) is 17.4. The first kappa shape index (κ1) is 49.0. The van der Waals surface area contributed by atoms with Crippen LogP contribution >= 0.6 is 0 Å². The second kappa shape index (κ2) is 20.4. The molecule has 0 radical (unpaired) electrons. The third kappa shape index (κ3) is 10.3. The van der Waals surface area contributed by atoms with Gasteiger partial charge in [0.05, 0.1) is 35.6 Å². The molecule has 3 aliphatic rings. The molecule has 3 aromatic rings. The predicted molar refractivity (Wildman–Crippen MR) is 233 cm³/mol. The number of unbranched alkanes of at least 4 members (excludes halogenated alkanes) is 1. The van der Waals surface area contributed by atoms with Gasteiger partial charge >= 0.3 is 5.97 Å². The van der Waals surface area contributed by atoms with E-state index in [1.165, 1.54) is 17.6 Å². The van der Waals surface area contributed by atoms with Crippen molar-refractivity contribution < 1.29 is 57.3 Å². The molecule has 19 nitrogen and oxygen atoms in total. The number of ketones is 1. The molecule has 66 heavy (non-hydrogen) atoms. The number of nitrogens with zero attached hydrogens (tertiary/aromatic N) is 3. The fraction of sp³-hybridized carbons (Fsp3) is 0.522. The molecule has 20 heteroatoms. The molecule has 2 aromatic heterocycles. The molecule has 6 rings (SSSR count). The Morgan fingerprint density at radius 1 is 1.00 bits per heavy atom. The van der Waals surface area contributed by atoms with Gasteiger partial charge in [0.1, 0.15) is 37.8 Å². The minimum absolute atomic E-state index is 0.0108. The molecule has 0 aliphatic carbocycles. The highest BCUT2D eigenvalue weighted by Crippen LogP contribution is 2.39. The maximum atomic E-state index is 15.3. The van der Waals surface area contributed by atoms with Crippen molar-refractivity contribution in [2.45, 2.75) is 117 Å². The average molecular weight is 918 g/mol. The van der Waals surface area contributed by atoms with Gasteiger partial charge in [0.25, 0.3) is 5.56 Å². The lowest BCUT2D eigenvalue weighted by atomic mass is 9.86. The quantitative estimate of drug-likeness (QED) is 0.0365. The molecule has 5 heterocycles. The van der Waals surface area contributed by atoms with Gasteiger partial charge in [-0.2, -0.15) is 0 Å². The third-order valence-corrected chi connectivity index (χ3v) is 12.4. The van der Waals surface area contributed by atoms with Crippen LogP contribution in [-0.4, -0.2) is 105 Å². The summed E-state index contributed by atoms with van der Waals surface area (Å²) in [6.45, 7) is 8.95. The molecule has 1 saturated heterocycles. The van der Waals surface area contributed by atoms with Gasteiger partial charge in [-0.25, -0.2) is 14.2 Å². The summed E-state index contributed by atoms with van der Waals surface area (Å²) in [7, 11) is 0. The van der Waals surface area contributed by atoms with Gasteiger partial charge in [0, 0.05) is 54.4 Å². The summed E-state index contributed by atoms with van der Waals surface area (Å²) in [5, 5.41) is 22.0. The van der Waals surface area contributed by atoms with Gasteiger partial charge in [0.2, 0.25) is 35.4 Å². The average Bonchev–Trinajstić information content (AvgIpc) is 3.75. The summed E-state index contributed by atoms with van der Waals surface area (Å²) in [5.74, 6) is -5.96. The number of aromatic nitrogens is 2. The smallest absolute Gasteiger partial charge is 0.343 e. The maximum absolute atomic E-state index is 15.3. The van der Waals surface area contributed by atoms with E-state index in [-0.39, 0.29) is 74.8 Å². The van der Waals surface area contributed by atoms with Crippen molar-refractivity contribution in [1.82, 2.24) is 35.7 Å². The van der Waals surface area contributed by atoms with Crippen LogP contribution in [0.5, 0.6) is 0 Å². The van der Waals surface area contributed by atoms with Gasteiger partial charge in [-0.05, 0) is 68.7 Å². The number of Topliss-reactive ketones (excluding diaryl/α,β-unsaturated/α-hetero) is 1. The summed E-state index contributed by atoms with van der Waals surface area (Å²) in [4.78, 5) is 119. The van der Waals surface area contributed by atoms with Gasteiger partial charge in [-0.3, -0.25) is 43.3 Å². The van der Waals surface area contributed by atoms with Crippen molar-refractivity contribution in [1.29, 1.82) is 0 Å². The summed E-state index contributed by atoms with van der Waals surface area (Å²) in [6.07, 6.45) is 1.16. The van der Waals surface area contributed by atoms with Crippen molar-refractivity contribution in [2.75, 3.05) is 26.4 Å². The van der Waals surface area contributed by atoms with Crippen LogP contribution < -0.4 is 26.8 Å². The summed E-state index contributed by atoms with van der Waals surface area (Å²) in [5.41, 5.74) is 1.32. The Bertz CT molecular complexity index is 2560. The Kier molecular flexibility index (Phi) is 15.2. The molecule has 5 N–H and O–H groups in total. The highest BCUT2D eigenvalue weighted by molar-refractivity contribution is 6.06. The van der Waals surface area contributed by atoms with Crippen molar-refractivity contribution in [3.05, 3.63) is 62.2 Å². The van der Waals surface area contributed by atoms with E-state index in [9.17, 15) is 48.3 Å². The summed E-state index contributed by atoms with van der Waals surface area (Å²) >= 11 is 0. The number of carbonyl (C=O) groups excluding carboxylic acids is 8. The van der Waals surface area contributed by atoms with Crippen molar-refractivity contribution in [3.8, 4) is 11.4 Å². The number of fused-ring (bicyclic) bond motifs is 5. The van der Waals surface area contributed by atoms with E-state index in [2.05, 4.69) is 21.3 Å². The first-order valence-electron chi connectivity index (χ1n) is 22.1. The number of cyclic esters (lactones) is 1. The molecule has 0 saturated carbocycles. The molecule has 1 aromatic carbocycles. The van der Waals surface area contributed by atoms with Crippen molar-refractivity contribution in [3.63, 3.8) is 0 Å². The summed E-state index contributed by atoms with van der Waals surface area (Å²) in [6, 6.07) is 2.86. The van der Waals surface area contributed by atoms with E-state index in [4.69, 9.17) is 14.5 Å². The van der Waals surface area contributed by atoms with Crippen LogP contribution in [-0.2, 0) is 73.0 Å². The molecule has 0 spiro atoms. The van der Waals surface area contributed by atoms with Crippen LogP contribution in [0.2, 0.25) is 0 Å². The van der Waals surface area contributed by atoms with Gasteiger partial charge in [0.15, 0.2) is 11.4 Å². The van der Waals surface area contributed by atoms with E-state index < -0.39 is 89.7 Å². The minimum atomic E-state index is -1.96. The topological polar surface area (TPSA) is 262 Å². The van der Waals surface area contributed by atoms with Gasteiger partial charge in [-0.1, -0.05) is 27.7 Å². The number of amides is 6. The standard InChI is InChI=1S/C46H56FN7O12/c1-7-46(64)32-16-35-40-27(19-53(35)44(62)31(32)21-66-45(46)63)15-30-29(25(5)33(47)17-34(30)51-40)10-8-9-13-65-22-49-41(59)26(6)50-42(60)39(23(2)3)52-36(56)12-11-28(55)18-48-37(57)20-54-38(58)14-24(4)43(54)61/h15-17,23-24,26,39,64H,7-14,18-22H2,1-6H3,(H,48,57)(H,49,59)(H,50,60)(H,52,56)/t24?,26-,39-,46-/m0/s1. The second-order valence-corrected chi connectivity index (χ2v) is 17.4. The summed E-state index contributed by atoms with van der Waals surface area (Å²) < 4.78 is 27.6. The number of aryl methyl sites for hydroxylation is 1. The zero-order chi connectivity index (χ0) is 48.2. The number of aliphatic hydroxyl groups is 1. The lowest BCUT2D eigenvalue weighted by Gasteiger charge is -2.31. The van der Waals surface area contributed by atoms with Crippen LogP contribution in [0.1, 0.15) is 101 Å². The van der Waals surface area contributed by atoms with Crippen LogP contribution in [0.3, 0.4) is 0 Å². The molecule has 1 fully saturated rings. The van der Waals surface area contributed by atoms with E-state index in [0.29, 0.717) is 41.7 Å². The lowest BCUT2D eigenvalue weighted by Crippen LogP contribution is -2.54. The van der Waals surface area contributed by atoms with E-state index in [1.54, 1.807) is 40.7 Å². The predicted octanol–water partition coefficient (Wildman–Crippen LogP) is 1.45. The Balaban J connectivity index is 0.928. The number of pyridine rings is 2. The number of imide groups is 1. The number of hydrogen-bond donors (Lipinski definition) is 5. The van der Waals surface area contributed by atoms with Crippen LogP contribution in [0, 0.1) is 24.6 Å². The first-order chi connectivity index (χ1) is 31.2. The molecule has 354 valence electrons. The highest BCUT2D eigenvalue weighted by atomic mass is 19.1. The number of rotatable bonds is 20. The number of esters is 1. The first-order valence-corrected chi connectivity index (χ1v) is 22.1. The zero-order valence-electron chi connectivity index (χ0n) is 37.9. The maximum Gasteiger partial charge on any atom is 0.343 e. The van der Waals surface area contributed by atoms with Gasteiger partial charge < -0.3 is 40.4 Å². The monoisotopic (exact) mass is 917 g/mol. The van der Waals surface area contributed by atoms with Crippen LogP contribution in [0.25, 0.3) is 22.3 Å². The number of nitrogens with one attached hydrogen (secondary N) is 4. The highest BCUT2D eigenvalue weighted by Gasteiger charge is 2.45. The van der Waals surface area contributed by atoms with Gasteiger partial charge in [-0.15, -0.1) is 0 Å². The number of benzene rings is 1. The third-order valence-electron chi connectivity index (χ3n) is 12.4. The fourth-order valence-corrected chi connectivity index (χ4v) is 8.34. The Morgan fingerprint density at radius 2 is 1.74 bits per heavy atom. The minimum Gasteiger partial charge on any atom is -0.458 e. The van der Waals surface area contributed by atoms with Crippen LogP contribution in [0.4, 0.5) is 4.39 Å². The molecular formula is C46H56FN7O12. The number of hydrogen-bond acceptors (Lipinski definition) is 13. The lowest BCUT2D eigenvalue weighted by molar-refractivity contribution is -0.172. The number of carbonyl (C=O) groups is 8. The molecular weight excluding hydrogens is 862 g/mol. The zero-order valence-corrected chi connectivity index (χ0v) is 37.9. The van der Waals surface area contributed by atoms with Crippen molar-refractivity contribution >= 4 is 58.1 Å². The largest absolute Gasteiger partial charge is 0.458 e. The fourth-order valence-electron chi connectivity index (χ4n) is 8.34. The van der Waals surface area contributed by atoms with Crippen LogP contribution in [0.15, 0.2) is 23.0 Å². The van der Waals surface area contributed by atoms with Crippen molar-refractivity contribution in [2.24, 2.45) is 11.8 Å². The Morgan fingerprint density at radius 3 is 2.42 bits per heavy atom. The number of likely N-dealkylation sites (tertiary alicyclic amines) is 1. The number of halogens is 1. The SMILES string of the molecule is CC[C@@]1(O)C(=O)OCc2c1cc1n(c2=O)Cc2cc3c(CCCCOCNC(=O)[C@H](C)NC(=O)[C@@H](NC(=O)CCC(=O)CNC(=O)CN4C(=O)CC(C)C4=O)C(C)C)c(C)c(F)cc3nc2-1. The number of ether oxygens (including phenoxy) is 2. The molecule has 3 aliphatic heterocycles.